The molecule has 7 heteroatoms. The Bertz CT molecular complexity index is 709. The van der Waals surface area contributed by atoms with Crippen LogP contribution in [0.5, 0.6) is 0 Å². The van der Waals surface area contributed by atoms with Gasteiger partial charge < -0.3 is 10.6 Å². The maximum absolute atomic E-state index is 5.92. The highest BCUT2D eigenvalue weighted by atomic mass is 127. The summed E-state index contributed by atoms with van der Waals surface area (Å²) in [6, 6.07) is 7.95. The first-order valence-corrected chi connectivity index (χ1v) is 9.19. The molecule has 0 radical (unpaired) electrons. The molecule has 0 aliphatic rings. The van der Waals surface area contributed by atoms with Gasteiger partial charge in [0.2, 0.25) is 0 Å². The van der Waals surface area contributed by atoms with Gasteiger partial charge in [0.25, 0.3) is 0 Å². The minimum atomic E-state index is 0. The van der Waals surface area contributed by atoms with E-state index >= 15 is 0 Å². The van der Waals surface area contributed by atoms with Crippen LogP contribution >= 0.6 is 35.6 Å². The Kier molecular flexibility index (Phi) is 10.0. The molecule has 0 bridgehead atoms. The quantitative estimate of drug-likeness (QED) is 0.354. The van der Waals surface area contributed by atoms with Crippen molar-refractivity contribution in [1.82, 2.24) is 20.4 Å². The molecule has 26 heavy (non-hydrogen) atoms. The summed E-state index contributed by atoms with van der Waals surface area (Å²) in [4.78, 5) is 4.31. The van der Waals surface area contributed by atoms with Crippen molar-refractivity contribution in [3.8, 4) is 0 Å². The maximum atomic E-state index is 5.92. The van der Waals surface area contributed by atoms with E-state index in [1.807, 2.05) is 23.9 Å². The molecule has 0 aliphatic heterocycles. The number of guanidine groups is 1. The van der Waals surface area contributed by atoms with Crippen LogP contribution in [-0.4, -0.2) is 29.3 Å². The Labute approximate surface area is 178 Å². The predicted molar refractivity (Wildman–Crippen MR) is 121 cm³/mol. The van der Waals surface area contributed by atoms with E-state index < -0.39 is 0 Å². The lowest BCUT2D eigenvalue weighted by Crippen LogP contribution is -2.38. The Hall–Kier alpha value is -1.28. The molecule has 1 aromatic carbocycles. The number of hydrogen-bond donors (Lipinski definition) is 2. The molecule has 144 valence electrons. The molecule has 0 aliphatic carbocycles. The van der Waals surface area contributed by atoms with Crippen molar-refractivity contribution in [2.24, 2.45) is 12.0 Å². The largest absolute Gasteiger partial charge is 0.356 e. The highest BCUT2D eigenvalue weighted by molar-refractivity contribution is 14.0. The van der Waals surface area contributed by atoms with E-state index in [-0.39, 0.29) is 24.0 Å². The second kappa shape index (κ2) is 11.4. The van der Waals surface area contributed by atoms with Crippen LogP contribution in [0.4, 0.5) is 0 Å². The van der Waals surface area contributed by atoms with Crippen LogP contribution in [0, 0.1) is 0 Å². The number of hydrogen-bond acceptors (Lipinski definition) is 2. The molecule has 2 aromatic rings. The standard InChI is InChI=1S/C19H28ClN5.HI/c1-5-17-16(18(6-2)25(4)24-17)13-23-19(21-3)22-12-11-14-7-9-15(20)10-8-14;/h7-10H,5-6,11-13H2,1-4H3,(H2,21,22,23);1H. The molecular formula is C19H29ClIN5. The summed E-state index contributed by atoms with van der Waals surface area (Å²) in [6.45, 7) is 5.86. The van der Waals surface area contributed by atoms with Gasteiger partial charge in [-0.05, 0) is 37.0 Å². The minimum absolute atomic E-state index is 0. The molecule has 0 saturated carbocycles. The lowest BCUT2D eigenvalue weighted by atomic mass is 10.1. The van der Waals surface area contributed by atoms with Gasteiger partial charge in [0.15, 0.2) is 5.96 Å². The Balaban J connectivity index is 0.00000338. The van der Waals surface area contributed by atoms with E-state index in [1.54, 1.807) is 7.05 Å². The van der Waals surface area contributed by atoms with Crippen LogP contribution in [0.25, 0.3) is 0 Å². The predicted octanol–water partition coefficient (Wildman–Crippen LogP) is 3.72. The summed E-state index contributed by atoms with van der Waals surface area (Å²) in [5.41, 5.74) is 4.97. The smallest absolute Gasteiger partial charge is 0.191 e. The van der Waals surface area contributed by atoms with Crippen LogP contribution in [0.3, 0.4) is 0 Å². The van der Waals surface area contributed by atoms with E-state index in [2.05, 4.69) is 46.7 Å². The van der Waals surface area contributed by atoms with E-state index in [9.17, 15) is 0 Å². The number of rotatable bonds is 7. The summed E-state index contributed by atoms with van der Waals surface area (Å²) in [6.07, 6.45) is 2.84. The molecule has 2 rings (SSSR count). The summed E-state index contributed by atoms with van der Waals surface area (Å²) in [5, 5.41) is 12.2. The van der Waals surface area contributed by atoms with Gasteiger partial charge in [-0.3, -0.25) is 9.67 Å². The molecule has 0 unspecified atom stereocenters. The van der Waals surface area contributed by atoms with Gasteiger partial charge in [-0.1, -0.05) is 37.6 Å². The van der Waals surface area contributed by atoms with Gasteiger partial charge in [0.1, 0.15) is 0 Å². The van der Waals surface area contributed by atoms with E-state index in [4.69, 9.17) is 11.6 Å². The van der Waals surface area contributed by atoms with Crippen LogP contribution in [0.1, 0.15) is 36.4 Å². The molecule has 0 fully saturated rings. The molecule has 0 saturated heterocycles. The number of nitrogens with zero attached hydrogens (tertiary/aromatic N) is 3. The zero-order chi connectivity index (χ0) is 18.2. The molecule has 1 heterocycles. The van der Waals surface area contributed by atoms with Crippen molar-refractivity contribution in [3.05, 3.63) is 51.8 Å². The summed E-state index contributed by atoms with van der Waals surface area (Å²) in [5.74, 6) is 0.807. The molecule has 2 N–H and O–H groups in total. The third-order valence-electron chi connectivity index (χ3n) is 4.30. The number of aryl methyl sites for hydroxylation is 2. The zero-order valence-corrected chi connectivity index (χ0v) is 19.1. The molecule has 0 atom stereocenters. The van der Waals surface area contributed by atoms with E-state index in [0.717, 1.165) is 49.0 Å². The van der Waals surface area contributed by atoms with E-state index in [1.165, 1.54) is 16.8 Å². The van der Waals surface area contributed by atoms with Gasteiger partial charge in [-0.2, -0.15) is 5.10 Å². The maximum Gasteiger partial charge on any atom is 0.191 e. The first-order chi connectivity index (χ1) is 12.1. The first kappa shape index (κ1) is 22.8. The number of aromatic nitrogens is 2. The normalized spacial score (nSPS) is 11.2. The van der Waals surface area contributed by atoms with Crippen molar-refractivity contribution in [1.29, 1.82) is 0 Å². The second-order valence-electron chi connectivity index (χ2n) is 5.93. The van der Waals surface area contributed by atoms with E-state index in [0.29, 0.717) is 0 Å². The number of aliphatic imine (C=N–C) groups is 1. The summed E-state index contributed by atoms with van der Waals surface area (Å²) >= 11 is 5.92. The van der Waals surface area contributed by atoms with Gasteiger partial charge >= 0.3 is 0 Å². The summed E-state index contributed by atoms with van der Waals surface area (Å²) < 4.78 is 1.99. The highest BCUT2D eigenvalue weighted by Gasteiger charge is 2.13. The first-order valence-electron chi connectivity index (χ1n) is 8.81. The third kappa shape index (κ3) is 6.16. The highest BCUT2D eigenvalue weighted by Crippen LogP contribution is 2.15. The summed E-state index contributed by atoms with van der Waals surface area (Å²) in [7, 11) is 3.81. The molecule has 0 amide bonds. The SMILES string of the molecule is CCc1nn(C)c(CC)c1CNC(=NC)NCCc1ccc(Cl)cc1.I. The monoisotopic (exact) mass is 489 g/mol. The van der Waals surface area contributed by atoms with Crippen molar-refractivity contribution < 1.29 is 0 Å². The van der Waals surface area contributed by atoms with Gasteiger partial charge in [0.05, 0.1) is 5.69 Å². The average molecular weight is 490 g/mol. The average Bonchev–Trinajstić information content (AvgIpc) is 2.94. The van der Waals surface area contributed by atoms with Crippen molar-refractivity contribution in [2.45, 2.75) is 39.7 Å². The fourth-order valence-corrected chi connectivity index (χ4v) is 3.09. The zero-order valence-electron chi connectivity index (χ0n) is 16.0. The fourth-order valence-electron chi connectivity index (χ4n) is 2.96. The molecule has 5 nitrogen and oxygen atoms in total. The number of benzene rings is 1. The Morgan fingerprint density at radius 1 is 1.15 bits per heavy atom. The molecular weight excluding hydrogens is 461 g/mol. The molecule has 0 spiro atoms. The van der Waals surface area contributed by atoms with Crippen LogP contribution in [0.15, 0.2) is 29.3 Å². The van der Waals surface area contributed by atoms with Crippen molar-refractivity contribution >= 4 is 41.5 Å². The van der Waals surface area contributed by atoms with Crippen LogP contribution < -0.4 is 10.6 Å². The van der Waals surface area contributed by atoms with Gasteiger partial charge in [-0.25, -0.2) is 0 Å². The topological polar surface area (TPSA) is 54.2 Å². The van der Waals surface area contributed by atoms with Crippen molar-refractivity contribution in [2.75, 3.05) is 13.6 Å². The molecule has 1 aromatic heterocycles. The van der Waals surface area contributed by atoms with Crippen molar-refractivity contribution in [3.63, 3.8) is 0 Å². The lowest BCUT2D eigenvalue weighted by molar-refractivity contribution is 0.702. The fraction of sp³-hybridized carbons (Fsp3) is 0.474. The second-order valence-corrected chi connectivity index (χ2v) is 6.37. The Morgan fingerprint density at radius 3 is 2.42 bits per heavy atom. The lowest BCUT2D eigenvalue weighted by Gasteiger charge is -2.13. The van der Waals surface area contributed by atoms with Crippen LogP contribution in [-0.2, 0) is 32.9 Å². The van der Waals surface area contributed by atoms with Gasteiger partial charge in [0, 0.05) is 43.5 Å². The number of nitrogens with one attached hydrogen (secondary N) is 2. The van der Waals surface area contributed by atoms with Gasteiger partial charge in [-0.15, -0.1) is 24.0 Å². The number of halogens is 2. The van der Waals surface area contributed by atoms with Crippen LogP contribution in [0.2, 0.25) is 5.02 Å². The third-order valence-corrected chi connectivity index (χ3v) is 4.56. The Morgan fingerprint density at radius 2 is 1.85 bits per heavy atom. The minimum Gasteiger partial charge on any atom is -0.356 e.